The highest BCUT2D eigenvalue weighted by atomic mass is 32.2. The predicted molar refractivity (Wildman–Crippen MR) is 80.5 cm³/mol. The number of thiocarbonyl (C=S) groups is 1. The lowest BCUT2D eigenvalue weighted by Gasteiger charge is -2.14. The van der Waals surface area contributed by atoms with Crippen LogP contribution in [0.1, 0.15) is 18.4 Å². The third-order valence-corrected chi connectivity index (χ3v) is 4.26. The first-order chi connectivity index (χ1) is 10.4. The Morgan fingerprint density at radius 1 is 1.36 bits per heavy atom. The molecule has 1 saturated heterocycles. The maximum Gasteiger partial charge on any atom is 0.266 e. The maximum absolute atomic E-state index is 13.2. The van der Waals surface area contributed by atoms with E-state index in [0.29, 0.717) is 9.88 Å². The second-order valence-electron chi connectivity index (χ2n) is 4.48. The van der Waals surface area contributed by atoms with Crippen molar-refractivity contribution in [2.45, 2.75) is 12.8 Å². The lowest BCUT2D eigenvalue weighted by Crippen LogP contribution is -2.30. The van der Waals surface area contributed by atoms with E-state index >= 15 is 0 Å². The molecular formula is C14H10F2NO3S2-. The average Bonchev–Trinajstić information content (AvgIpc) is 2.70. The summed E-state index contributed by atoms with van der Waals surface area (Å²) in [6.07, 6.45) is 1.48. The molecule has 0 atom stereocenters. The third kappa shape index (κ3) is 3.89. The first-order valence-electron chi connectivity index (χ1n) is 6.29. The molecule has 0 aromatic heterocycles. The van der Waals surface area contributed by atoms with Gasteiger partial charge >= 0.3 is 0 Å². The van der Waals surface area contributed by atoms with Crippen molar-refractivity contribution in [1.82, 2.24) is 4.90 Å². The van der Waals surface area contributed by atoms with Crippen LogP contribution in [0, 0.1) is 11.6 Å². The molecule has 0 spiro atoms. The minimum absolute atomic E-state index is 0.167. The van der Waals surface area contributed by atoms with Gasteiger partial charge in [0.2, 0.25) is 0 Å². The lowest BCUT2D eigenvalue weighted by molar-refractivity contribution is -0.305. The summed E-state index contributed by atoms with van der Waals surface area (Å²) in [5.41, 5.74) is 0.342. The first kappa shape index (κ1) is 16.6. The zero-order valence-corrected chi connectivity index (χ0v) is 12.8. The van der Waals surface area contributed by atoms with Gasteiger partial charge in [0.25, 0.3) is 5.91 Å². The number of rotatable bonds is 5. The number of halogens is 2. The van der Waals surface area contributed by atoms with Crippen LogP contribution in [0.25, 0.3) is 6.08 Å². The molecule has 0 unspecified atom stereocenters. The molecule has 1 aromatic carbocycles. The number of carbonyl (C=O) groups is 2. The summed E-state index contributed by atoms with van der Waals surface area (Å²) in [4.78, 5) is 24.1. The molecule has 1 heterocycles. The van der Waals surface area contributed by atoms with Crippen molar-refractivity contribution in [2.24, 2.45) is 0 Å². The van der Waals surface area contributed by atoms with Crippen LogP contribution in [-0.4, -0.2) is 27.6 Å². The van der Waals surface area contributed by atoms with Crippen LogP contribution in [0.2, 0.25) is 0 Å². The number of amides is 1. The fourth-order valence-corrected chi connectivity index (χ4v) is 3.14. The van der Waals surface area contributed by atoms with Gasteiger partial charge in [-0.25, -0.2) is 8.78 Å². The van der Waals surface area contributed by atoms with Gasteiger partial charge in [0.05, 0.1) is 4.91 Å². The first-order valence-corrected chi connectivity index (χ1v) is 7.51. The summed E-state index contributed by atoms with van der Waals surface area (Å²) in [6, 6.07) is 3.31. The Balaban J connectivity index is 2.11. The highest BCUT2D eigenvalue weighted by molar-refractivity contribution is 8.26. The Morgan fingerprint density at radius 3 is 2.73 bits per heavy atom. The minimum atomic E-state index is -1.19. The van der Waals surface area contributed by atoms with Crippen molar-refractivity contribution in [3.63, 3.8) is 0 Å². The summed E-state index contributed by atoms with van der Waals surface area (Å²) in [6.45, 7) is 0.174. The van der Waals surface area contributed by atoms with Crippen LogP contribution in [0.3, 0.4) is 0 Å². The van der Waals surface area contributed by atoms with Gasteiger partial charge in [0.1, 0.15) is 4.32 Å². The molecule has 1 aromatic rings. The van der Waals surface area contributed by atoms with Crippen molar-refractivity contribution >= 4 is 46.3 Å². The van der Waals surface area contributed by atoms with Gasteiger partial charge in [0, 0.05) is 12.5 Å². The van der Waals surface area contributed by atoms with E-state index in [4.69, 9.17) is 12.2 Å². The Morgan fingerprint density at radius 2 is 2.09 bits per heavy atom. The van der Waals surface area contributed by atoms with E-state index in [1.54, 1.807) is 0 Å². The summed E-state index contributed by atoms with van der Waals surface area (Å²) >= 11 is 6.10. The Hall–Kier alpha value is -1.80. The normalized spacial score (nSPS) is 16.6. The summed E-state index contributed by atoms with van der Waals surface area (Å²) < 4.78 is 26.3. The monoisotopic (exact) mass is 342 g/mol. The highest BCUT2D eigenvalue weighted by Crippen LogP contribution is 2.32. The van der Waals surface area contributed by atoms with Crippen LogP contribution in [0.15, 0.2) is 23.1 Å². The number of nitrogens with zero attached hydrogens (tertiary/aromatic N) is 1. The Labute approximate surface area is 134 Å². The molecule has 116 valence electrons. The number of carboxylic acids is 1. The molecule has 1 aliphatic rings. The molecule has 2 rings (SSSR count). The van der Waals surface area contributed by atoms with Gasteiger partial charge < -0.3 is 9.90 Å². The van der Waals surface area contributed by atoms with E-state index in [1.165, 1.54) is 17.0 Å². The van der Waals surface area contributed by atoms with E-state index in [-0.39, 0.29) is 30.2 Å². The maximum atomic E-state index is 13.2. The second-order valence-corrected chi connectivity index (χ2v) is 6.16. The van der Waals surface area contributed by atoms with E-state index < -0.39 is 17.6 Å². The summed E-state index contributed by atoms with van der Waals surface area (Å²) in [5, 5.41) is 10.4. The topological polar surface area (TPSA) is 60.4 Å². The van der Waals surface area contributed by atoms with E-state index in [2.05, 4.69) is 0 Å². The van der Waals surface area contributed by atoms with Crippen LogP contribution < -0.4 is 5.11 Å². The zero-order chi connectivity index (χ0) is 16.3. The number of benzene rings is 1. The molecule has 1 aliphatic heterocycles. The van der Waals surface area contributed by atoms with Gasteiger partial charge in [-0.2, -0.15) is 0 Å². The van der Waals surface area contributed by atoms with Crippen LogP contribution in [0.5, 0.6) is 0 Å². The standard InChI is InChI=1S/C14H11F2NO3S2/c15-9-4-3-8(6-10(9)16)7-11-13(20)17(14(21)22-11)5-1-2-12(18)19/h3-4,6-7H,1-2,5H2,(H,18,19)/p-1/b11-7+. The number of carboxylic acid groups (broad SMARTS) is 1. The zero-order valence-electron chi connectivity index (χ0n) is 11.2. The molecular weight excluding hydrogens is 332 g/mol. The largest absolute Gasteiger partial charge is 0.550 e. The average molecular weight is 342 g/mol. The fraction of sp³-hybridized carbons (Fsp3) is 0.214. The molecule has 1 amide bonds. The number of thioether (sulfide) groups is 1. The molecule has 0 bridgehead atoms. The molecule has 1 fully saturated rings. The molecule has 8 heteroatoms. The van der Waals surface area contributed by atoms with Crippen molar-refractivity contribution in [3.8, 4) is 0 Å². The lowest BCUT2D eigenvalue weighted by atomic mass is 10.2. The fourth-order valence-electron chi connectivity index (χ4n) is 1.83. The molecule has 4 nitrogen and oxygen atoms in total. The Bertz CT molecular complexity index is 676. The van der Waals surface area contributed by atoms with E-state index in [0.717, 1.165) is 23.9 Å². The van der Waals surface area contributed by atoms with Gasteiger partial charge in [-0.15, -0.1) is 0 Å². The van der Waals surface area contributed by atoms with Gasteiger partial charge in [-0.3, -0.25) is 9.69 Å². The quantitative estimate of drug-likeness (QED) is 0.602. The van der Waals surface area contributed by atoms with Gasteiger partial charge in [-0.05, 0) is 36.6 Å². The second kappa shape index (κ2) is 6.97. The third-order valence-electron chi connectivity index (χ3n) is 2.88. The molecule has 0 radical (unpaired) electrons. The molecule has 0 N–H and O–H groups in total. The molecule has 22 heavy (non-hydrogen) atoms. The van der Waals surface area contributed by atoms with Gasteiger partial charge in [-0.1, -0.05) is 30.0 Å². The van der Waals surface area contributed by atoms with Crippen LogP contribution >= 0.6 is 24.0 Å². The van der Waals surface area contributed by atoms with Crippen molar-refractivity contribution in [3.05, 3.63) is 40.3 Å². The molecule has 0 saturated carbocycles. The summed E-state index contributed by atoms with van der Waals surface area (Å²) in [7, 11) is 0. The van der Waals surface area contributed by atoms with Crippen molar-refractivity contribution in [1.29, 1.82) is 0 Å². The van der Waals surface area contributed by atoms with Gasteiger partial charge in [0.15, 0.2) is 11.6 Å². The Kier molecular flexibility index (Phi) is 5.25. The summed E-state index contributed by atoms with van der Waals surface area (Å²) in [5.74, 6) is -3.54. The van der Waals surface area contributed by atoms with Crippen molar-refractivity contribution < 1.29 is 23.5 Å². The smallest absolute Gasteiger partial charge is 0.266 e. The number of hydrogen-bond acceptors (Lipinski definition) is 5. The molecule has 0 aliphatic carbocycles. The van der Waals surface area contributed by atoms with Crippen molar-refractivity contribution in [2.75, 3.05) is 6.54 Å². The predicted octanol–water partition coefficient (Wildman–Crippen LogP) is 1.70. The highest BCUT2D eigenvalue weighted by Gasteiger charge is 2.31. The SMILES string of the molecule is O=C([O-])CCCN1C(=O)/C(=C\c2ccc(F)c(F)c2)SC1=S. The van der Waals surface area contributed by atoms with E-state index in [9.17, 15) is 23.5 Å². The minimum Gasteiger partial charge on any atom is -0.550 e. The number of carbonyl (C=O) groups excluding carboxylic acids is 2. The van der Waals surface area contributed by atoms with Crippen LogP contribution in [0.4, 0.5) is 8.78 Å². The van der Waals surface area contributed by atoms with E-state index in [1.807, 2.05) is 0 Å². The van der Waals surface area contributed by atoms with Crippen LogP contribution in [-0.2, 0) is 9.59 Å². The number of aliphatic carboxylic acids is 1. The number of hydrogen-bond donors (Lipinski definition) is 0.